The molecule has 1 fully saturated rings. The Morgan fingerprint density at radius 1 is 1.57 bits per heavy atom. The van der Waals surface area contributed by atoms with E-state index in [1.165, 1.54) is 11.3 Å². The lowest BCUT2D eigenvalue weighted by Gasteiger charge is -2.34. The highest BCUT2D eigenvalue weighted by Gasteiger charge is 2.41. The third-order valence-electron chi connectivity index (χ3n) is 2.74. The second kappa shape index (κ2) is 6.11. The fraction of sp³-hybridized carbons (Fsp3) is 0.300. The van der Waals surface area contributed by atoms with Gasteiger partial charge in [-0.25, -0.2) is 4.79 Å². The molecule has 2 heterocycles. The number of thiophene rings is 1. The normalized spacial score (nSPS) is 21.2. The summed E-state index contributed by atoms with van der Waals surface area (Å²) >= 11 is 1.25. The maximum atomic E-state index is 12.2. The Balaban J connectivity index is 2.10. The second-order valence-corrected chi connectivity index (χ2v) is 5.08. The largest absolute Gasteiger partial charge is 0.352 e. The Labute approximate surface area is 122 Å². The monoisotopic (exact) mass is 309 g/mol. The van der Waals surface area contributed by atoms with Gasteiger partial charge in [0.25, 0.3) is 0 Å². The van der Waals surface area contributed by atoms with E-state index >= 15 is 0 Å². The highest BCUT2D eigenvalue weighted by Crippen LogP contribution is 2.20. The third-order valence-corrected chi connectivity index (χ3v) is 3.68. The summed E-state index contributed by atoms with van der Waals surface area (Å²) in [4.78, 5) is 37.7. The molecular weight excluding hydrogens is 298 g/mol. The molecule has 1 unspecified atom stereocenters. The number of carbonyl (C=O) groups excluding carboxylic acids is 3. The summed E-state index contributed by atoms with van der Waals surface area (Å²) in [6.45, 7) is 0. The number of hydrogen-bond acceptors (Lipinski definition) is 5. The zero-order valence-electron chi connectivity index (χ0n) is 10.5. The first kappa shape index (κ1) is 14.6. The molecule has 0 radical (unpaired) electrons. The number of urea groups is 1. The summed E-state index contributed by atoms with van der Waals surface area (Å²) in [5.74, 6) is -1.08. The predicted molar refractivity (Wildman–Crippen MR) is 72.8 cm³/mol. The maximum Gasteiger partial charge on any atom is 0.313 e. The van der Waals surface area contributed by atoms with E-state index in [1.807, 2.05) is 0 Å². The van der Waals surface area contributed by atoms with Crippen LogP contribution in [0.2, 0.25) is 0 Å². The summed E-state index contributed by atoms with van der Waals surface area (Å²) in [5.41, 5.74) is 13.4. The summed E-state index contributed by atoms with van der Waals surface area (Å²) in [5, 5.41) is 12.1. The van der Waals surface area contributed by atoms with Crippen LogP contribution in [-0.4, -0.2) is 30.1 Å². The van der Waals surface area contributed by atoms with Gasteiger partial charge < -0.3 is 21.7 Å². The van der Waals surface area contributed by atoms with Crippen LogP contribution < -0.4 is 21.7 Å². The standard InChI is InChI=1S/C10H11N7O3S/c11-10(20)14-5(4-2-1-3-21-4)8(18)13-6-7(16-17-12)15-9(6)19/h1-3,5-7H,(H,13,18)(H,15,19)(H3,11,14,20)/t5?,6-,7+/m0/s1. The molecule has 0 spiro atoms. The van der Waals surface area contributed by atoms with Crippen molar-refractivity contribution >= 4 is 29.2 Å². The number of rotatable bonds is 5. The van der Waals surface area contributed by atoms with Gasteiger partial charge in [0.05, 0.1) is 0 Å². The van der Waals surface area contributed by atoms with Crippen molar-refractivity contribution in [1.29, 1.82) is 0 Å². The molecule has 1 aliphatic heterocycles. The van der Waals surface area contributed by atoms with Crippen LogP contribution in [0.15, 0.2) is 22.6 Å². The van der Waals surface area contributed by atoms with Crippen LogP contribution in [0, 0.1) is 0 Å². The number of nitrogens with one attached hydrogen (secondary N) is 3. The highest BCUT2D eigenvalue weighted by atomic mass is 32.1. The van der Waals surface area contributed by atoms with Crippen LogP contribution in [0.3, 0.4) is 0 Å². The maximum absolute atomic E-state index is 12.2. The van der Waals surface area contributed by atoms with Crippen molar-refractivity contribution < 1.29 is 14.4 Å². The first-order valence-corrected chi connectivity index (χ1v) is 6.65. The van der Waals surface area contributed by atoms with Gasteiger partial charge in [-0.1, -0.05) is 11.2 Å². The van der Waals surface area contributed by atoms with Gasteiger partial charge in [0.2, 0.25) is 11.8 Å². The zero-order valence-corrected chi connectivity index (χ0v) is 11.3. The number of primary amides is 1. The van der Waals surface area contributed by atoms with Gasteiger partial charge in [-0.05, 0) is 17.0 Å². The summed E-state index contributed by atoms with van der Waals surface area (Å²) in [6, 6.07) is 0.514. The molecular formula is C10H11N7O3S. The number of nitrogens with two attached hydrogens (primary N) is 1. The highest BCUT2D eigenvalue weighted by molar-refractivity contribution is 7.10. The van der Waals surface area contributed by atoms with Crippen LogP contribution in [-0.2, 0) is 9.59 Å². The minimum atomic E-state index is -1.01. The van der Waals surface area contributed by atoms with Gasteiger partial charge in [0, 0.05) is 9.79 Å². The minimum absolute atomic E-state index is 0.468. The molecule has 3 atom stereocenters. The average Bonchev–Trinajstić information content (AvgIpc) is 2.95. The smallest absolute Gasteiger partial charge is 0.313 e. The number of amides is 4. The van der Waals surface area contributed by atoms with E-state index in [0.717, 1.165) is 0 Å². The van der Waals surface area contributed by atoms with Gasteiger partial charge in [-0.15, -0.1) is 11.3 Å². The van der Waals surface area contributed by atoms with Crippen molar-refractivity contribution in [3.05, 3.63) is 32.8 Å². The molecule has 1 aliphatic rings. The van der Waals surface area contributed by atoms with E-state index in [4.69, 9.17) is 11.3 Å². The fourth-order valence-electron chi connectivity index (χ4n) is 1.76. The molecule has 1 saturated heterocycles. The molecule has 4 amide bonds. The summed E-state index contributed by atoms with van der Waals surface area (Å²) in [6.07, 6.45) is -0.844. The Morgan fingerprint density at radius 3 is 2.86 bits per heavy atom. The predicted octanol–water partition coefficient (Wildman–Crippen LogP) is -0.292. The second-order valence-electron chi connectivity index (χ2n) is 4.10. The molecule has 110 valence electrons. The van der Waals surface area contributed by atoms with E-state index in [1.54, 1.807) is 17.5 Å². The lowest BCUT2D eigenvalue weighted by atomic mass is 10.1. The summed E-state index contributed by atoms with van der Waals surface area (Å²) in [7, 11) is 0. The van der Waals surface area contributed by atoms with Gasteiger partial charge in [0.1, 0.15) is 18.2 Å². The molecule has 0 aliphatic carbocycles. The lowest BCUT2D eigenvalue weighted by Crippen LogP contribution is -2.69. The molecule has 1 aromatic heterocycles. The Kier molecular flexibility index (Phi) is 4.26. The van der Waals surface area contributed by atoms with E-state index in [9.17, 15) is 14.4 Å². The van der Waals surface area contributed by atoms with Crippen LogP contribution in [0.4, 0.5) is 4.79 Å². The van der Waals surface area contributed by atoms with Gasteiger partial charge in [0.15, 0.2) is 0 Å². The Morgan fingerprint density at radius 2 is 2.33 bits per heavy atom. The topological polar surface area (TPSA) is 162 Å². The van der Waals surface area contributed by atoms with Crippen LogP contribution in [0.1, 0.15) is 10.9 Å². The van der Waals surface area contributed by atoms with Crippen molar-refractivity contribution in [3.8, 4) is 0 Å². The first-order chi connectivity index (χ1) is 10.0. The van der Waals surface area contributed by atoms with E-state index in [2.05, 4.69) is 26.0 Å². The molecule has 1 aromatic rings. The van der Waals surface area contributed by atoms with Crippen molar-refractivity contribution in [2.75, 3.05) is 0 Å². The molecule has 0 aromatic carbocycles. The number of nitrogens with zero attached hydrogens (tertiary/aromatic N) is 3. The quantitative estimate of drug-likeness (QED) is 0.255. The number of carbonyl (C=O) groups is 3. The van der Waals surface area contributed by atoms with Crippen molar-refractivity contribution in [3.63, 3.8) is 0 Å². The first-order valence-electron chi connectivity index (χ1n) is 5.77. The molecule has 11 heteroatoms. The molecule has 10 nitrogen and oxygen atoms in total. The Hall–Kier alpha value is -2.78. The number of β-lactam (4-membered cyclic amide) rings is 1. The van der Waals surface area contributed by atoms with Crippen LogP contribution >= 0.6 is 11.3 Å². The Bertz CT molecular complexity index is 610. The third kappa shape index (κ3) is 3.22. The SMILES string of the molecule is [N-]=[N+]=N[C@H]1NC(=O)[C@H]1NC(=O)C(NC(N)=O)c1cccs1. The number of azide groups is 1. The zero-order chi connectivity index (χ0) is 15.4. The molecule has 0 saturated carbocycles. The fourth-order valence-corrected chi connectivity index (χ4v) is 2.54. The van der Waals surface area contributed by atoms with Crippen LogP contribution in [0.5, 0.6) is 0 Å². The molecule has 2 rings (SSSR count). The van der Waals surface area contributed by atoms with Gasteiger partial charge in [-0.2, -0.15) is 0 Å². The summed E-state index contributed by atoms with van der Waals surface area (Å²) < 4.78 is 0. The van der Waals surface area contributed by atoms with Crippen LogP contribution in [0.25, 0.3) is 10.4 Å². The van der Waals surface area contributed by atoms with Crippen molar-refractivity contribution in [2.24, 2.45) is 10.8 Å². The minimum Gasteiger partial charge on any atom is -0.352 e. The van der Waals surface area contributed by atoms with Crippen molar-refractivity contribution in [1.82, 2.24) is 16.0 Å². The molecule has 5 N–H and O–H groups in total. The van der Waals surface area contributed by atoms with Crippen molar-refractivity contribution in [2.45, 2.75) is 18.2 Å². The van der Waals surface area contributed by atoms with Gasteiger partial charge >= 0.3 is 6.03 Å². The molecule has 21 heavy (non-hydrogen) atoms. The molecule has 0 bridgehead atoms. The average molecular weight is 309 g/mol. The van der Waals surface area contributed by atoms with Gasteiger partial charge in [-0.3, -0.25) is 9.59 Å². The number of hydrogen-bond donors (Lipinski definition) is 4. The lowest BCUT2D eigenvalue weighted by molar-refractivity contribution is -0.136. The van der Waals surface area contributed by atoms with E-state index < -0.39 is 36.1 Å². The van der Waals surface area contributed by atoms with E-state index in [0.29, 0.717) is 4.88 Å². The van der Waals surface area contributed by atoms with E-state index in [-0.39, 0.29) is 0 Å².